The molecule has 0 aliphatic carbocycles. The number of rotatable bonds is 2. The van der Waals surface area contributed by atoms with Crippen molar-refractivity contribution in [3.05, 3.63) is 22.4 Å². The molecule has 7 heteroatoms. The molecule has 1 aromatic heterocycles. The van der Waals surface area contributed by atoms with E-state index in [0.29, 0.717) is 4.47 Å². The first kappa shape index (κ1) is 10.9. The van der Waals surface area contributed by atoms with Gasteiger partial charge in [0.1, 0.15) is 0 Å². The van der Waals surface area contributed by atoms with Gasteiger partial charge in [0.25, 0.3) is 0 Å². The zero-order chi connectivity index (χ0) is 11.7. The predicted molar refractivity (Wildman–Crippen MR) is 60.4 cm³/mol. The van der Waals surface area contributed by atoms with Crippen molar-refractivity contribution in [2.75, 3.05) is 12.8 Å². The predicted octanol–water partition coefficient (Wildman–Crippen LogP) is 1.96. The van der Waals surface area contributed by atoms with E-state index in [-0.39, 0.29) is 23.1 Å². The molecule has 0 radical (unpaired) electrons. The maximum atomic E-state index is 13.9. The molecule has 0 unspecified atom stereocenters. The fraction of sp³-hybridized carbons (Fsp3) is 0.111. The van der Waals surface area contributed by atoms with Crippen LogP contribution >= 0.6 is 15.9 Å². The minimum absolute atomic E-state index is 0.0594. The van der Waals surface area contributed by atoms with E-state index in [0.717, 1.165) is 0 Å². The van der Waals surface area contributed by atoms with Crippen LogP contribution in [0, 0.1) is 5.82 Å². The molecule has 2 aromatic rings. The molecule has 0 fully saturated rings. The summed E-state index contributed by atoms with van der Waals surface area (Å²) in [6, 6.07) is 3.18. The Labute approximate surface area is 99.0 Å². The van der Waals surface area contributed by atoms with Crippen LogP contribution in [0.5, 0.6) is 5.75 Å². The van der Waals surface area contributed by atoms with E-state index in [4.69, 9.17) is 10.5 Å². The Balaban J connectivity index is 2.63. The summed E-state index contributed by atoms with van der Waals surface area (Å²) in [6.07, 6.45) is 0. The minimum Gasteiger partial charge on any atom is -0.494 e. The van der Waals surface area contributed by atoms with Crippen molar-refractivity contribution in [2.24, 2.45) is 0 Å². The van der Waals surface area contributed by atoms with Crippen LogP contribution in [0.3, 0.4) is 0 Å². The molecule has 0 saturated heterocycles. The number of nitrogen functional groups attached to an aromatic ring is 1. The third-order valence-electron chi connectivity index (χ3n) is 2.02. The fourth-order valence-corrected chi connectivity index (χ4v) is 1.79. The number of hydrogen-bond donors (Lipinski definition) is 2. The molecule has 1 heterocycles. The van der Waals surface area contributed by atoms with E-state index >= 15 is 0 Å². The highest BCUT2D eigenvalue weighted by molar-refractivity contribution is 9.10. The lowest BCUT2D eigenvalue weighted by molar-refractivity contribution is 0.387. The maximum Gasteiger partial charge on any atom is 0.239 e. The Kier molecular flexibility index (Phi) is 2.78. The van der Waals surface area contributed by atoms with Gasteiger partial charge in [0.15, 0.2) is 17.4 Å². The Hall–Kier alpha value is -1.63. The number of benzene rings is 1. The van der Waals surface area contributed by atoms with Gasteiger partial charge >= 0.3 is 0 Å². The van der Waals surface area contributed by atoms with Crippen LogP contribution in [-0.4, -0.2) is 22.3 Å². The monoisotopic (exact) mass is 286 g/mol. The van der Waals surface area contributed by atoms with Crippen LogP contribution < -0.4 is 10.5 Å². The van der Waals surface area contributed by atoms with Gasteiger partial charge in [-0.1, -0.05) is 0 Å². The largest absolute Gasteiger partial charge is 0.494 e. The van der Waals surface area contributed by atoms with Crippen LogP contribution in [0.1, 0.15) is 0 Å². The normalized spacial score (nSPS) is 10.4. The zero-order valence-corrected chi connectivity index (χ0v) is 9.88. The quantitative estimate of drug-likeness (QED) is 0.885. The van der Waals surface area contributed by atoms with Gasteiger partial charge < -0.3 is 10.5 Å². The van der Waals surface area contributed by atoms with Gasteiger partial charge in [0, 0.05) is 4.47 Å². The van der Waals surface area contributed by atoms with E-state index < -0.39 is 5.82 Å². The molecule has 5 nitrogen and oxygen atoms in total. The Morgan fingerprint density at radius 1 is 1.50 bits per heavy atom. The number of methoxy groups -OCH3 is 1. The van der Waals surface area contributed by atoms with Crippen molar-refractivity contribution >= 4 is 21.9 Å². The molecular formula is C9H8BrFN4O. The van der Waals surface area contributed by atoms with Crippen molar-refractivity contribution in [3.8, 4) is 17.1 Å². The summed E-state index contributed by atoms with van der Waals surface area (Å²) in [5.74, 6) is -0.0777. The molecule has 84 valence electrons. The van der Waals surface area contributed by atoms with Gasteiger partial charge in [-0.25, -0.2) is 4.39 Å². The fourth-order valence-electron chi connectivity index (χ4n) is 1.29. The molecule has 0 amide bonds. The topological polar surface area (TPSA) is 76.8 Å². The first-order valence-electron chi connectivity index (χ1n) is 4.33. The SMILES string of the molecule is COc1ccc(Br)c(-c2nc(N)n[nH]2)c1F. The van der Waals surface area contributed by atoms with E-state index in [1.165, 1.54) is 13.2 Å². The number of anilines is 1. The molecule has 0 saturated carbocycles. The van der Waals surface area contributed by atoms with Crippen LogP contribution in [-0.2, 0) is 0 Å². The van der Waals surface area contributed by atoms with Crippen LogP contribution in [0.25, 0.3) is 11.4 Å². The highest BCUT2D eigenvalue weighted by Crippen LogP contribution is 2.33. The number of aromatic nitrogens is 3. The first-order valence-corrected chi connectivity index (χ1v) is 5.13. The van der Waals surface area contributed by atoms with Gasteiger partial charge in [-0.3, -0.25) is 5.10 Å². The summed E-state index contributed by atoms with van der Waals surface area (Å²) < 4.78 is 19.4. The molecule has 0 aliphatic rings. The van der Waals surface area contributed by atoms with Gasteiger partial charge in [-0.05, 0) is 28.1 Å². The van der Waals surface area contributed by atoms with Crippen molar-refractivity contribution < 1.29 is 9.13 Å². The summed E-state index contributed by atoms with van der Waals surface area (Å²) >= 11 is 3.23. The zero-order valence-electron chi connectivity index (χ0n) is 8.29. The number of H-pyrrole nitrogens is 1. The van der Waals surface area contributed by atoms with Crippen molar-refractivity contribution in [2.45, 2.75) is 0 Å². The summed E-state index contributed by atoms with van der Waals surface area (Å²) in [5, 5.41) is 6.19. The summed E-state index contributed by atoms with van der Waals surface area (Å²) in [7, 11) is 1.39. The lowest BCUT2D eigenvalue weighted by Gasteiger charge is -2.06. The smallest absolute Gasteiger partial charge is 0.239 e. The average molecular weight is 287 g/mol. The number of hydrogen-bond acceptors (Lipinski definition) is 4. The molecule has 3 N–H and O–H groups in total. The molecule has 0 atom stereocenters. The van der Waals surface area contributed by atoms with Gasteiger partial charge in [-0.2, -0.15) is 4.98 Å². The van der Waals surface area contributed by atoms with Crippen LogP contribution in [0.15, 0.2) is 16.6 Å². The van der Waals surface area contributed by atoms with Crippen molar-refractivity contribution in [3.63, 3.8) is 0 Å². The molecule has 0 aliphatic heterocycles. The Bertz CT molecular complexity index is 528. The molecule has 1 aromatic carbocycles. The van der Waals surface area contributed by atoms with E-state index in [9.17, 15) is 4.39 Å². The van der Waals surface area contributed by atoms with Crippen molar-refractivity contribution in [1.82, 2.24) is 15.2 Å². The Morgan fingerprint density at radius 2 is 2.25 bits per heavy atom. The highest BCUT2D eigenvalue weighted by Gasteiger charge is 2.17. The van der Waals surface area contributed by atoms with E-state index in [1.54, 1.807) is 6.07 Å². The van der Waals surface area contributed by atoms with Gasteiger partial charge in [0.05, 0.1) is 12.7 Å². The Morgan fingerprint density at radius 3 is 2.81 bits per heavy atom. The molecule has 2 rings (SSSR count). The molecule has 16 heavy (non-hydrogen) atoms. The van der Waals surface area contributed by atoms with Crippen LogP contribution in [0.2, 0.25) is 0 Å². The number of nitrogens with one attached hydrogen (secondary N) is 1. The number of nitrogens with zero attached hydrogens (tertiary/aromatic N) is 2. The maximum absolute atomic E-state index is 13.9. The second-order valence-electron chi connectivity index (χ2n) is 2.98. The lowest BCUT2D eigenvalue weighted by Crippen LogP contribution is -1.94. The second kappa shape index (κ2) is 4.09. The average Bonchev–Trinajstić information content (AvgIpc) is 2.65. The number of ether oxygens (including phenoxy) is 1. The second-order valence-corrected chi connectivity index (χ2v) is 3.84. The standard InChI is InChI=1S/C9H8BrFN4O/c1-16-5-3-2-4(10)6(7(5)11)8-13-9(12)15-14-8/h2-3H,1H3,(H3,12,13,14,15). The van der Waals surface area contributed by atoms with E-state index in [1.807, 2.05) is 0 Å². The van der Waals surface area contributed by atoms with Gasteiger partial charge in [0.2, 0.25) is 5.95 Å². The molecule has 0 bridgehead atoms. The van der Waals surface area contributed by atoms with Crippen molar-refractivity contribution in [1.29, 1.82) is 0 Å². The van der Waals surface area contributed by atoms with E-state index in [2.05, 4.69) is 31.1 Å². The molecule has 0 spiro atoms. The summed E-state index contributed by atoms with van der Waals surface area (Å²) in [4.78, 5) is 3.86. The van der Waals surface area contributed by atoms with Crippen LogP contribution in [0.4, 0.5) is 10.3 Å². The highest BCUT2D eigenvalue weighted by atomic mass is 79.9. The first-order chi connectivity index (χ1) is 7.63. The number of aromatic amines is 1. The number of nitrogens with two attached hydrogens (primary N) is 1. The summed E-state index contributed by atoms with van der Waals surface area (Å²) in [6.45, 7) is 0. The van der Waals surface area contributed by atoms with Gasteiger partial charge in [-0.15, -0.1) is 5.10 Å². The third kappa shape index (κ3) is 1.73. The summed E-state index contributed by atoms with van der Waals surface area (Å²) in [5.41, 5.74) is 5.60. The molecular weight excluding hydrogens is 279 g/mol. The minimum atomic E-state index is -0.520. The third-order valence-corrected chi connectivity index (χ3v) is 2.68. The number of halogens is 2. The lowest BCUT2D eigenvalue weighted by atomic mass is 10.2.